The molecule has 0 atom stereocenters. The smallest absolute Gasteiger partial charge is 0.139 e. The van der Waals surface area contributed by atoms with Gasteiger partial charge in [-0.3, -0.25) is 0 Å². The summed E-state index contributed by atoms with van der Waals surface area (Å²) in [6.07, 6.45) is 1.86. The maximum absolute atomic E-state index is 9.14. The molecule has 4 nitrogen and oxygen atoms in total. The van der Waals surface area contributed by atoms with Gasteiger partial charge in [0.25, 0.3) is 0 Å². The Morgan fingerprint density at radius 1 is 1.28 bits per heavy atom. The van der Waals surface area contributed by atoms with Gasteiger partial charge in [-0.05, 0) is 38.1 Å². The van der Waals surface area contributed by atoms with Crippen molar-refractivity contribution in [3.63, 3.8) is 0 Å². The Balaban J connectivity index is 2.26. The van der Waals surface area contributed by atoms with E-state index in [0.717, 1.165) is 22.8 Å². The van der Waals surface area contributed by atoms with Gasteiger partial charge in [0.15, 0.2) is 0 Å². The molecule has 0 amide bonds. The molecule has 1 heterocycles. The van der Waals surface area contributed by atoms with E-state index in [-0.39, 0.29) is 12.7 Å². The van der Waals surface area contributed by atoms with Gasteiger partial charge in [0.2, 0.25) is 0 Å². The van der Waals surface area contributed by atoms with Crippen LogP contribution in [0.3, 0.4) is 0 Å². The average molecular weight is 246 g/mol. The fourth-order valence-corrected chi connectivity index (χ4v) is 1.81. The van der Waals surface area contributed by atoms with Crippen molar-refractivity contribution < 1.29 is 9.84 Å². The lowest BCUT2D eigenvalue weighted by Crippen LogP contribution is -2.05. The summed E-state index contributed by atoms with van der Waals surface area (Å²) in [6, 6.07) is 7.81. The number of imidazole rings is 1. The quantitative estimate of drug-likeness (QED) is 0.901. The van der Waals surface area contributed by atoms with Crippen molar-refractivity contribution in [2.24, 2.45) is 7.05 Å². The Labute approximate surface area is 107 Å². The molecule has 18 heavy (non-hydrogen) atoms. The summed E-state index contributed by atoms with van der Waals surface area (Å²) in [5.41, 5.74) is 1.81. The number of benzene rings is 1. The number of rotatable bonds is 4. The van der Waals surface area contributed by atoms with Crippen molar-refractivity contribution in [1.29, 1.82) is 0 Å². The third-order valence-corrected chi connectivity index (χ3v) is 2.73. The maximum Gasteiger partial charge on any atom is 0.139 e. The summed E-state index contributed by atoms with van der Waals surface area (Å²) in [4.78, 5) is 4.31. The number of nitrogens with zero attached hydrogens (tertiary/aromatic N) is 2. The summed E-state index contributed by atoms with van der Waals surface area (Å²) in [7, 11) is 1.90. The third kappa shape index (κ3) is 2.54. The highest BCUT2D eigenvalue weighted by molar-refractivity contribution is 5.57. The number of aliphatic hydroxyl groups excluding tert-OH is 1. The van der Waals surface area contributed by atoms with Crippen LogP contribution in [0.4, 0.5) is 0 Å². The van der Waals surface area contributed by atoms with Crippen molar-refractivity contribution in [3.8, 4) is 17.1 Å². The topological polar surface area (TPSA) is 47.3 Å². The van der Waals surface area contributed by atoms with E-state index in [1.165, 1.54) is 0 Å². The lowest BCUT2D eigenvalue weighted by atomic mass is 10.2. The van der Waals surface area contributed by atoms with Gasteiger partial charge in [-0.1, -0.05) is 0 Å². The molecule has 0 aliphatic rings. The van der Waals surface area contributed by atoms with Gasteiger partial charge in [0.1, 0.15) is 11.6 Å². The molecule has 96 valence electrons. The van der Waals surface area contributed by atoms with Gasteiger partial charge in [-0.2, -0.15) is 0 Å². The summed E-state index contributed by atoms with van der Waals surface area (Å²) in [5.74, 6) is 1.69. The molecule has 4 heteroatoms. The number of aliphatic hydroxyl groups is 1. The summed E-state index contributed by atoms with van der Waals surface area (Å²) in [6.45, 7) is 4.00. The van der Waals surface area contributed by atoms with Gasteiger partial charge in [0, 0.05) is 12.6 Å². The molecule has 0 bridgehead atoms. The predicted octanol–water partition coefficient (Wildman–Crippen LogP) is 2.37. The van der Waals surface area contributed by atoms with E-state index >= 15 is 0 Å². The van der Waals surface area contributed by atoms with Crippen LogP contribution in [0, 0.1) is 0 Å². The predicted molar refractivity (Wildman–Crippen MR) is 70.3 cm³/mol. The summed E-state index contributed by atoms with van der Waals surface area (Å²) < 4.78 is 7.48. The molecule has 1 aromatic heterocycles. The minimum atomic E-state index is -0.00194. The zero-order chi connectivity index (χ0) is 13.1. The molecule has 0 saturated heterocycles. The van der Waals surface area contributed by atoms with Gasteiger partial charge in [0.05, 0.1) is 24.6 Å². The zero-order valence-corrected chi connectivity index (χ0v) is 10.9. The Morgan fingerprint density at radius 2 is 1.94 bits per heavy atom. The van der Waals surface area contributed by atoms with E-state index in [1.54, 1.807) is 6.20 Å². The molecule has 2 aromatic rings. The first-order valence-corrected chi connectivity index (χ1v) is 6.00. The second-order valence-corrected chi connectivity index (χ2v) is 4.48. The molecule has 0 fully saturated rings. The minimum Gasteiger partial charge on any atom is -0.491 e. The molecular weight excluding hydrogens is 228 g/mol. The van der Waals surface area contributed by atoms with E-state index < -0.39 is 0 Å². The van der Waals surface area contributed by atoms with Crippen molar-refractivity contribution in [2.75, 3.05) is 0 Å². The zero-order valence-electron chi connectivity index (χ0n) is 10.9. The summed E-state index contributed by atoms with van der Waals surface area (Å²) in [5, 5.41) is 9.14. The fourth-order valence-electron chi connectivity index (χ4n) is 1.81. The van der Waals surface area contributed by atoms with Crippen molar-refractivity contribution in [1.82, 2.24) is 9.55 Å². The van der Waals surface area contributed by atoms with Gasteiger partial charge in [-0.25, -0.2) is 4.98 Å². The van der Waals surface area contributed by atoms with Crippen LogP contribution in [0.25, 0.3) is 11.4 Å². The van der Waals surface area contributed by atoms with Crippen molar-refractivity contribution in [3.05, 3.63) is 36.2 Å². The Kier molecular flexibility index (Phi) is 3.67. The highest BCUT2D eigenvalue weighted by Gasteiger charge is 2.08. The van der Waals surface area contributed by atoms with E-state index in [0.29, 0.717) is 0 Å². The van der Waals surface area contributed by atoms with E-state index in [9.17, 15) is 0 Å². The Morgan fingerprint density at radius 3 is 2.44 bits per heavy atom. The number of ether oxygens (including phenoxy) is 1. The Bertz CT molecular complexity index is 515. The molecule has 0 saturated carbocycles. The fraction of sp³-hybridized carbons (Fsp3) is 0.357. The lowest BCUT2D eigenvalue weighted by molar-refractivity contribution is 0.242. The molecule has 0 radical (unpaired) electrons. The van der Waals surface area contributed by atoms with E-state index in [1.807, 2.05) is 49.7 Å². The maximum atomic E-state index is 9.14. The molecule has 1 N–H and O–H groups in total. The molecule has 0 unspecified atom stereocenters. The number of hydrogen-bond acceptors (Lipinski definition) is 3. The first kappa shape index (κ1) is 12.6. The van der Waals surface area contributed by atoms with E-state index in [2.05, 4.69) is 4.98 Å². The highest BCUT2D eigenvalue weighted by Crippen LogP contribution is 2.22. The lowest BCUT2D eigenvalue weighted by Gasteiger charge is -2.10. The minimum absolute atomic E-state index is 0.00194. The number of hydrogen-bond donors (Lipinski definition) is 1. The van der Waals surface area contributed by atoms with Gasteiger partial charge < -0.3 is 14.4 Å². The molecule has 0 aliphatic heterocycles. The molecule has 2 rings (SSSR count). The highest BCUT2D eigenvalue weighted by atomic mass is 16.5. The SMILES string of the molecule is CC(C)Oc1ccc(-c2ncc(CO)n2C)cc1. The largest absolute Gasteiger partial charge is 0.491 e. The van der Waals surface area contributed by atoms with Crippen LogP contribution < -0.4 is 4.74 Å². The normalized spacial score (nSPS) is 10.9. The molecule has 0 aliphatic carbocycles. The van der Waals surface area contributed by atoms with Crippen LogP contribution in [0.2, 0.25) is 0 Å². The first-order valence-electron chi connectivity index (χ1n) is 6.00. The number of aromatic nitrogens is 2. The van der Waals surface area contributed by atoms with Crippen LogP contribution in [0.15, 0.2) is 30.5 Å². The monoisotopic (exact) mass is 246 g/mol. The summed E-state index contributed by atoms with van der Waals surface area (Å²) >= 11 is 0. The van der Waals surface area contributed by atoms with Crippen molar-refractivity contribution >= 4 is 0 Å². The van der Waals surface area contributed by atoms with Crippen LogP contribution in [0.5, 0.6) is 5.75 Å². The van der Waals surface area contributed by atoms with Crippen LogP contribution in [0.1, 0.15) is 19.5 Å². The molecule has 0 spiro atoms. The third-order valence-electron chi connectivity index (χ3n) is 2.73. The van der Waals surface area contributed by atoms with E-state index in [4.69, 9.17) is 9.84 Å². The van der Waals surface area contributed by atoms with Crippen LogP contribution in [-0.2, 0) is 13.7 Å². The molecular formula is C14H18N2O2. The van der Waals surface area contributed by atoms with Crippen LogP contribution in [-0.4, -0.2) is 20.8 Å². The second kappa shape index (κ2) is 5.23. The van der Waals surface area contributed by atoms with Crippen molar-refractivity contribution in [2.45, 2.75) is 26.6 Å². The van der Waals surface area contributed by atoms with Gasteiger partial charge in [-0.15, -0.1) is 0 Å². The average Bonchev–Trinajstić information content (AvgIpc) is 2.71. The van der Waals surface area contributed by atoms with Gasteiger partial charge >= 0.3 is 0 Å². The first-order chi connectivity index (χ1) is 8.61. The molecule has 1 aromatic carbocycles. The standard InChI is InChI=1S/C14H18N2O2/c1-10(2)18-13-6-4-11(5-7-13)14-15-8-12(9-17)16(14)3/h4-8,10,17H,9H2,1-3H3. The van der Waals surface area contributed by atoms with Crippen LogP contribution >= 0.6 is 0 Å². The Hall–Kier alpha value is -1.81. The second-order valence-electron chi connectivity index (χ2n) is 4.48.